The fourth-order valence-corrected chi connectivity index (χ4v) is 2.00. The highest BCUT2D eigenvalue weighted by atomic mass is 16.5. The highest BCUT2D eigenvalue weighted by Gasteiger charge is 2.19. The van der Waals surface area contributed by atoms with Gasteiger partial charge in [0, 0.05) is 5.92 Å². The van der Waals surface area contributed by atoms with Crippen LogP contribution in [0.1, 0.15) is 31.7 Å². The third kappa shape index (κ3) is 4.04. The molecule has 4 heteroatoms. The van der Waals surface area contributed by atoms with Crippen LogP contribution >= 0.6 is 0 Å². The molecule has 0 aromatic heterocycles. The minimum atomic E-state index is -0.325. The summed E-state index contributed by atoms with van der Waals surface area (Å²) in [5.74, 6) is 0.241. The van der Waals surface area contributed by atoms with Crippen LogP contribution in [-0.2, 0) is 11.2 Å². The van der Waals surface area contributed by atoms with E-state index in [9.17, 15) is 4.79 Å². The number of carbonyl (C=O) groups is 1. The van der Waals surface area contributed by atoms with Crippen molar-refractivity contribution in [2.45, 2.75) is 32.6 Å². The molecule has 1 amide bonds. The first-order valence-electron chi connectivity index (χ1n) is 6.28. The zero-order valence-corrected chi connectivity index (χ0v) is 11.0. The Morgan fingerprint density at radius 2 is 2.17 bits per heavy atom. The minimum Gasteiger partial charge on any atom is -0.496 e. The SMILES string of the molecule is CCCCC(Cc1ccccc1OC)C(=O)NO. The van der Waals surface area contributed by atoms with E-state index in [2.05, 4.69) is 6.92 Å². The van der Waals surface area contributed by atoms with Gasteiger partial charge < -0.3 is 4.74 Å². The summed E-state index contributed by atoms with van der Waals surface area (Å²) in [7, 11) is 1.62. The van der Waals surface area contributed by atoms with Crippen molar-refractivity contribution >= 4 is 5.91 Å². The molecule has 18 heavy (non-hydrogen) atoms. The number of rotatable bonds is 7. The number of carbonyl (C=O) groups excluding carboxylic acids is 1. The summed E-state index contributed by atoms with van der Waals surface area (Å²) in [6, 6.07) is 7.65. The van der Waals surface area contributed by atoms with E-state index in [1.165, 1.54) is 0 Å². The average molecular weight is 251 g/mol. The normalized spacial score (nSPS) is 11.9. The van der Waals surface area contributed by atoms with Gasteiger partial charge >= 0.3 is 0 Å². The lowest BCUT2D eigenvalue weighted by Gasteiger charge is -2.16. The topological polar surface area (TPSA) is 58.6 Å². The molecule has 100 valence electrons. The fourth-order valence-electron chi connectivity index (χ4n) is 2.00. The highest BCUT2D eigenvalue weighted by Crippen LogP contribution is 2.23. The van der Waals surface area contributed by atoms with Gasteiger partial charge in [-0.15, -0.1) is 0 Å². The minimum absolute atomic E-state index is 0.216. The molecule has 2 N–H and O–H groups in total. The van der Waals surface area contributed by atoms with Crippen molar-refractivity contribution in [3.8, 4) is 5.75 Å². The lowest BCUT2D eigenvalue weighted by atomic mass is 9.93. The summed E-state index contributed by atoms with van der Waals surface area (Å²) in [5, 5.41) is 8.78. The van der Waals surface area contributed by atoms with Crippen LogP contribution in [-0.4, -0.2) is 18.2 Å². The average Bonchev–Trinajstić information content (AvgIpc) is 2.42. The number of para-hydroxylation sites is 1. The number of amides is 1. The maximum Gasteiger partial charge on any atom is 0.246 e. The van der Waals surface area contributed by atoms with Gasteiger partial charge in [0.15, 0.2) is 0 Å². The zero-order valence-electron chi connectivity index (χ0n) is 11.0. The molecule has 1 rings (SSSR count). The van der Waals surface area contributed by atoms with E-state index in [0.29, 0.717) is 6.42 Å². The molecule has 0 spiro atoms. The van der Waals surface area contributed by atoms with E-state index in [0.717, 1.165) is 30.6 Å². The molecule has 0 radical (unpaired) electrons. The molecule has 0 saturated carbocycles. The van der Waals surface area contributed by atoms with E-state index >= 15 is 0 Å². The van der Waals surface area contributed by atoms with Crippen molar-refractivity contribution in [2.24, 2.45) is 5.92 Å². The second-order valence-corrected chi connectivity index (χ2v) is 4.33. The van der Waals surface area contributed by atoms with Crippen LogP contribution in [0.25, 0.3) is 0 Å². The summed E-state index contributed by atoms with van der Waals surface area (Å²) in [6.45, 7) is 2.08. The third-order valence-corrected chi connectivity index (χ3v) is 3.05. The molecule has 1 aromatic carbocycles. The quantitative estimate of drug-likeness (QED) is 0.578. The van der Waals surface area contributed by atoms with E-state index < -0.39 is 0 Å². The summed E-state index contributed by atoms with van der Waals surface area (Å²) in [6.07, 6.45) is 3.34. The van der Waals surface area contributed by atoms with Crippen LogP contribution in [0.15, 0.2) is 24.3 Å². The van der Waals surface area contributed by atoms with E-state index in [1.807, 2.05) is 24.3 Å². The number of nitrogens with one attached hydrogen (secondary N) is 1. The molecule has 1 atom stereocenters. The van der Waals surface area contributed by atoms with E-state index in [4.69, 9.17) is 9.94 Å². The van der Waals surface area contributed by atoms with Gasteiger partial charge in [0.05, 0.1) is 7.11 Å². The fraction of sp³-hybridized carbons (Fsp3) is 0.500. The maximum absolute atomic E-state index is 11.6. The number of hydrogen-bond donors (Lipinski definition) is 2. The highest BCUT2D eigenvalue weighted by molar-refractivity contribution is 5.77. The molecule has 0 aliphatic rings. The second kappa shape index (κ2) is 7.71. The van der Waals surface area contributed by atoms with Gasteiger partial charge in [-0.25, -0.2) is 5.48 Å². The Kier molecular flexibility index (Phi) is 6.22. The predicted molar refractivity (Wildman–Crippen MR) is 69.6 cm³/mol. The van der Waals surface area contributed by atoms with Crippen LogP contribution in [0.2, 0.25) is 0 Å². The summed E-state index contributed by atoms with van der Waals surface area (Å²) < 4.78 is 5.27. The van der Waals surface area contributed by atoms with Crippen LogP contribution in [0, 0.1) is 5.92 Å². The van der Waals surface area contributed by atoms with Crippen LogP contribution in [0.4, 0.5) is 0 Å². The van der Waals surface area contributed by atoms with Gasteiger partial charge in [0.2, 0.25) is 5.91 Å². The number of hydroxylamine groups is 1. The van der Waals surface area contributed by atoms with Crippen molar-refractivity contribution in [2.75, 3.05) is 7.11 Å². The molecule has 0 saturated heterocycles. The number of hydrogen-bond acceptors (Lipinski definition) is 3. The standard InChI is InChI=1S/C14H21NO3/c1-3-4-7-12(14(16)15-17)10-11-8-5-6-9-13(11)18-2/h5-6,8-9,12,17H,3-4,7,10H2,1-2H3,(H,15,16). The van der Waals surface area contributed by atoms with Crippen LogP contribution in [0.3, 0.4) is 0 Å². The maximum atomic E-state index is 11.6. The van der Waals surface area contributed by atoms with Crippen molar-refractivity contribution in [1.82, 2.24) is 5.48 Å². The van der Waals surface area contributed by atoms with Gasteiger partial charge in [-0.3, -0.25) is 10.0 Å². The molecule has 0 aliphatic heterocycles. The summed E-state index contributed by atoms with van der Waals surface area (Å²) >= 11 is 0. The smallest absolute Gasteiger partial charge is 0.246 e. The molecule has 4 nitrogen and oxygen atoms in total. The van der Waals surface area contributed by atoms with Crippen molar-refractivity contribution < 1.29 is 14.7 Å². The Hall–Kier alpha value is -1.55. The lowest BCUT2D eigenvalue weighted by molar-refractivity contribution is -0.133. The Balaban J connectivity index is 2.78. The van der Waals surface area contributed by atoms with Crippen molar-refractivity contribution in [3.05, 3.63) is 29.8 Å². The molecular weight excluding hydrogens is 230 g/mol. The van der Waals surface area contributed by atoms with Crippen LogP contribution in [0.5, 0.6) is 5.75 Å². The molecule has 0 heterocycles. The van der Waals surface area contributed by atoms with Crippen LogP contribution < -0.4 is 10.2 Å². The third-order valence-electron chi connectivity index (χ3n) is 3.05. The Morgan fingerprint density at radius 1 is 1.44 bits per heavy atom. The van der Waals surface area contributed by atoms with Gasteiger partial charge in [-0.2, -0.15) is 0 Å². The summed E-state index contributed by atoms with van der Waals surface area (Å²) in [5.41, 5.74) is 2.74. The van der Waals surface area contributed by atoms with E-state index in [1.54, 1.807) is 12.6 Å². The zero-order chi connectivity index (χ0) is 13.4. The Bertz CT molecular complexity index is 379. The molecule has 0 fully saturated rings. The first-order valence-corrected chi connectivity index (χ1v) is 6.28. The first-order chi connectivity index (χ1) is 8.72. The number of unbranched alkanes of at least 4 members (excludes halogenated alkanes) is 1. The van der Waals surface area contributed by atoms with Gasteiger partial charge in [0.25, 0.3) is 0 Å². The molecule has 0 aliphatic carbocycles. The van der Waals surface area contributed by atoms with Gasteiger partial charge in [0.1, 0.15) is 5.75 Å². The molecule has 1 unspecified atom stereocenters. The Labute approximate surface area is 108 Å². The number of ether oxygens (including phenoxy) is 1. The Morgan fingerprint density at radius 3 is 2.78 bits per heavy atom. The second-order valence-electron chi connectivity index (χ2n) is 4.33. The lowest BCUT2D eigenvalue weighted by Crippen LogP contribution is -2.29. The van der Waals surface area contributed by atoms with Crippen molar-refractivity contribution in [3.63, 3.8) is 0 Å². The molecular formula is C14H21NO3. The number of benzene rings is 1. The van der Waals surface area contributed by atoms with Gasteiger partial charge in [-0.05, 0) is 24.5 Å². The monoisotopic (exact) mass is 251 g/mol. The van der Waals surface area contributed by atoms with Crippen molar-refractivity contribution in [1.29, 1.82) is 0 Å². The van der Waals surface area contributed by atoms with E-state index in [-0.39, 0.29) is 11.8 Å². The molecule has 0 bridgehead atoms. The predicted octanol–water partition coefficient (Wildman–Crippen LogP) is 2.55. The number of methoxy groups -OCH3 is 1. The summed E-state index contributed by atoms with van der Waals surface area (Å²) in [4.78, 5) is 11.6. The van der Waals surface area contributed by atoms with Gasteiger partial charge in [-0.1, -0.05) is 38.0 Å². The molecule has 1 aromatic rings. The first kappa shape index (κ1) is 14.5. The largest absolute Gasteiger partial charge is 0.496 e.